The fourth-order valence-electron chi connectivity index (χ4n) is 6.23. The van der Waals surface area contributed by atoms with Gasteiger partial charge in [-0.3, -0.25) is 14.9 Å². The van der Waals surface area contributed by atoms with Gasteiger partial charge >= 0.3 is 6.18 Å². The highest BCUT2D eigenvalue weighted by Gasteiger charge is 2.36. The van der Waals surface area contributed by atoms with E-state index >= 15 is 0 Å². The van der Waals surface area contributed by atoms with Crippen LogP contribution in [0.2, 0.25) is 0 Å². The Kier molecular flexibility index (Phi) is 8.84. The van der Waals surface area contributed by atoms with E-state index in [2.05, 4.69) is 15.2 Å². The molecule has 44 heavy (non-hydrogen) atoms. The second-order valence-electron chi connectivity index (χ2n) is 11.8. The second kappa shape index (κ2) is 12.8. The number of benzene rings is 2. The number of methoxy groups -OCH3 is 1. The second-order valence-corrected chi connectivity index (χ2v) is 11.8. The molecule has 9 nitrogen and oxygen atoms in total. The SMILES string of the molecule is COc1nc2c(n1Cc1ccc(-c3cccc(CN4CCCC4)c3)c(C(F)(F)F)c1)NC(OCC1CCOCC1)N(C)C2=N. The maximum atomic E-state index is 14.5. The van der Waals surface area contributed by atoms with Gasteiger partial charge in [-0.15, -0.1) is 0 Å². The normalized spacial score (nSPS) is 19.7. The van der Waals surface area contributed by atoms with Crippen molar-refractivity contribution < 1.29 is 27.4 Å². The molecule has 0 amide bonds. The molecule has 1 unspecified atom stereocenters. The quantitative estimate of drug-likeness (QED) is 0.324. The minimum absolute atomic E-state index is 0.0561. The molecule has 6 rings (SSSR count). The van der Waals surface area contributed by atoms with E-state index in [1.807, 2.05) is 18.2 Å². The minimum atomic E-state index is -4.55. The summed E-state index contributed by atoms with van der Waals surface area (Å²) in [6, 6.07) is 12.1. The summed E-state index contributed by atoms with van der Waals surface area (Å²) in [6.07, 6.45) is -1.07. The first kappa shape index (κ1) is 30.4. The number of hydrogen-bond acceptors (Lipinski definition) is 7. The van der Waals surface area contributed by atoms with Crippen LogP contribution in [0.4, 0.5) is 19.0 Å². The van der Waals surface area contributed by atoms with Crippen molar-refractivity contribution in [3.8, 4) is 17.1 Å². The summed E-state index contributed by atoms with van der Waals surface area (Å²) in [5.41, 5.74) is 1.77. The van der Waals surface area contributed by atoms with Crippen LogP contribution >= 0.6 is 0 Å². The van der Waals surface area contributed by atoms with Gasteiger partial charge in [0.2, 0.25) is 6.35 Å². The van der Waals surface area contributed by atoms with Gasteiger partial charge in [-0.2, -0.15) is 18.2 Å². The summed E-state index contributed by atoms with van der Waals surface area (Å²) >= 11 is 0. The van der Waals surface area contributed by atoms with Gasteiger partial charge in [0, 0.05) is 26.8 Å². The molecule has 1 aromatic heterocycles. The topological polar surface area (TPSA) is 87.9 Å². The van der Waals surface area contributed by atoms with Gasteiger partial charge in [0.1, 0.15) is 5.82 Å². The molecular formula is C32H39F3N6O3. The molecule has 0 bridgehead atoms. The van der Waals surface area contributed by atoms with E-state index in [0.29, 0.717) is 48.4 Å². The monoisotopic (exact) mass is 612 g/mol. The van der Waals surface area contributed by atoms with Gasteiger partial charge in [-0.25, -0.2) is 0 Å². The Morgan fingerprint density at radius 1 is 1.05 bits per heavy atom. The highest BCUT2D eigenvalue weighted by Crippen LogP contribution is 2.39. The number of alkyl halides is 3. The zero-order chi connectivity index (χ0) is 30.8. The Balaban J connectivity index is 1.27. The van der Waals surface area contributed by atoms with Crippen LogP contribution in [0.5, 0.6) is 6.01 Å². The van der Waals surface area contributed by atoms with Gasteiger partial charge in [0.15, 0.2) is 11.5 Å². The van der Waals surface area contributed by atoms with Gasteiger partial charge in [-0.1, -0.05) is 30.3 Å². The number of aromatic nitrogens is 2. The van der Waals surface area contributed by atoms with Crippen molar-refractivity contribution in [2.24, 2.45) is 5.92 Å². The zero-order valence-electron chi connectivity index (χ0n) is 25.1. The third kappa shape index (κ3) is 6.43. The van der Waals surface area contributed by atoms with Crippen molar-refractivity contribution in [3.05, 3.63) is 64.8 Å². The number of nitrogens with zero attached hydrogens (tertiary/aromatic N) is 4. The van der Waals surface area contributed by atoms with Crippen LogP contribution in [0, 0.1) is 11.3 Å². The lowest BCUT2D eigenvalue weighted by atomic mass is 9.95. The molecule has 2 aromatic carbocycles. The van der Waals surface area contributed by atoms with Crippen LogP contribution in [-0.4, -0.2) is 78.6 Å². The fraction of sp³-hybridized carbons (Fsp3) is 0.500. The molecule has 0 aliphatic carbocycles. The summed E-state index contributed by atoms with van der Waals surface area (Å²) < 4.78 is 62.3. The van der Waals surface area contributed by atoms with Crippen LogP contribution < -0.4 is 10.1 Å². The molecule has 236 valence electrons. The molecule has 12 heteroatoms. The summed E-state index contributed by atoms with van der Waals surface area (Å²) in [5, 5.41) is 12.0. The summed E-state index contributed by atoms with van der Waals surface area (Å²) in [6.45, 7) is 4.72. The molecule has 2 N–H and O–H groups in total. The van der Waals surface area contributed by atoms with Gasteiger partial charge in [0.25, 0.3) is 6.01 Å². The first-order valence-corrected chi connectivity index (χ1v) is 15.1. The third-order valence-electron chi connectivity index (χ3n) is 8.71. The number of fused-ring (bicyclic) bond motifs is 1. The highest BCUT2D eigenvalue weighted by molar-refractivity contribution is 6.01. The molecule has 0 radical (unpaired) electrons. The third-order valence-corrected chi connectivity index (χ3v) is 8.71. The Morgan fingerprint density at radius 3 is 2.52 bits per heavy atom. The molecular weight excluding hydrogens is 573 g/mol. The van der Waals surface area contributed by atoms with E-state index in [-0.39, 0.29) is 24.0 Å². The lowest BCUT2D eigenvalue weighted by Crippen LogP contribution is -2.49. The Morgan fingerprint density at radius 2 is 1.80 bits per heavy atom. The molecule has 0 spiro atoms. The Labute approximate surface area is 255 Å². The Hall–Kier alpha value is -3.61. The number of hydrogen-bond donors (Lipinski definition) is 2. The van der Waals surface area contributed by atoms with Crippen molar-refractivity contribution in [2.75, 3.05) is 52.4 Å². The molecule has 0 saturated carbocycles. The largest absolute Gasteiger partial charge is 0.468 e. The van der Waals surface area contributed by atoms with E-state index < -0.39 is 18.1 Å². The van der Waals surface area contributed by atoms with E-state index in [0.717, 1.165) is 50.9 Å². The first-order chi connectivity index (χ1) is 21.2. The van der Waals surface area contributed by atoms with E-state index in [9.17, 15) is 13.2 Å². The predicted molar refractivity (Wildman–Crippen MR) is 161 cm³/mol. The Bertz CT molecular complexity index is 1480. The number of halogens is 3. The lowest BCUT2D eigenvalue weighted by Gasteiger charge is -2.36. The molecule has 3 aliphatic heterocycles. The van der Waals surface area contributed by atoms with Crippen LogP contribution in [-0.2, 0) is 28.7 Å². The van der Waals surface area contributed by atoms with E-state index in [1.165, 1.54) is 13.2 Å². The average molecular weight is 613 g/mol. The molecule has 4 heterocycles. The molecule has 2 saturated heterocycles. The molecule has 3 aromatic rings. The van der Waals surface area contributed by atoms with Crippen LogP contribution in [0.1, 0.15) is 48.1 Å². The summed E-state index contributed by atoms with van der Waals surface area (Å²) in [5.74, 6) is 0.955. The van der Waals surface area contributed by atoms with Crippen LogP contribution in [0.3, 0.4) is 0 Å². The highest BCUT2D eigenvalue weighted by atomic mass is 19.4. The van der Waals surface area contributed by atoms with Crippen molar-refractivity contribution in [1.82, 2.24) is 19.4 Å². The number of ether oxygens (including phenoxy) is 3. The minimum Gasteiger partial charge on any atom is -0.468 e. The number of rotatable bonds is 9. The fourth-order valence-corrected chi connectivity index (χ4v) is 6.23. The van der Waals surface area contributed by atoms with Gasteiger partial charge in [0.05, 0.1) is 25.8 Å². The van der Waals surface area contributed by atoms with Crippen molar-refractivity contribution in [3.63, 3.8) is 0 Å². The number of imidazole rings is 1. The smallest absolute Gasteiger partial charge is 0.417 e. The molecule has 3 aliphatic rings. The van der Waals surface area contributed by atoms with Crippen LogP contribution in [0.25, 0.3) is 11.1 Å². The maximum Gasteiger partial charge on any atom is 0.417 e. The van der Waals surface area contributed by atoms with E-state index in [4.69, 9.17) is 19.6 Å². The standard InChI is InChI=1S/C32H39F3N6O3/c1-39-28(36)27-29(38-30(39)44-20-21-10-14-43-15-11-21)41(31(37-27)42-2)19-23-8-9-25(26(17-23)32(33,34)35)24-7-5-6-22(16-24)18-40-12-3-4-13-40/h5-9,16-17,21,30,36,38H,3-4,10-15,18-20H2,1-2H3. The molecule has 2 fully saturated rings. The van der Waals surface area contributed by atoms with E-state index in [1.54, 1.807) is 34.7 Å². The first-order valence-electron chi connectivity index (χ1n) is 15.1. The van der Waals surface area contributed by atoms with Gasteiger partial charge in [-0.05, 0) is 79.1 Å². The number of anilines is 1. The average Bonchev–Trinajstić information content (AvgIpc) is 3.66. The number of nitrogens with one attached hydrogen (secondary N) is 2. The number of likely N-dealkylation sites (tertiary alicyclic amines) is 1. The summed E-state index contributed by atoms with van der Waals surface area (Å²) in [7, 11) is 3.20. The summed E-state index contributed by atoms with van der Waals surface area (Å²) in [4.78, 5) is 8.46. The van der Waals surface area contributed by atoms with Crippen molar-refractivity contribution in [1.29, 1.82) is 5.41 Å². The predicted octanol–water partition coefficient (Wildman–Crippen LogP) is 5.63. The van der Waals surface area contributed by atoms with Crippen LogP contribution in [0.15, 0.2) is 42.5 Å². The maximum absolute atomic E-state index is 14.5. The lowest BCUT2D eigenvalue weighted by molar-refractivity contribution is -0.137. The van der Waals surface area contributed by atoms with Gasteiger partial charge < -0.3 is 24.4 Å². The van der Waals surface area contributed by atoms with Crippen molar-refractivity contribution >= 4 is 11.7 Å². The molecule has 1 atom stereocenters. The number of amidine groups is 1. The zero-order valence-corrected chi connectivity index (χ0v) is 25.1. The van der Waals surface area contributed by atoms with Crippen molar-refractivity contribution in [2.45, 2.75) is 51.3 Å².